The Kier molecular flexibility index (Phi) is 8.82. The third-order valence-electron chi connectivity index (χ3n) is 6.71. The van der Waals surface area contributed by atoms with Crippen molar-refractivity contribution in [1.29, 1.82) is 5.26 Å². The van der Waals surface area contributed by atoms with Crippen molar-refractivity contribution in [2.24, 2.45) is 11.8 Å². The maximum atomic E-state index is 13.5. The zero-order valence-electron chi connectivity index (χ0n) is 17.9. The number of nitriles is 1. The first-order valence-electron chi connectivity index (χ1n) is 11.4. The van der Waals surface area contributed by atoms with E-state index >= 15 is 0 Å². The molecule has 31 heavy (non-hydrogen) atoms. The van der Waals surface area contributed by atoms with Crippen LogP contribution < -0.4 is 0 Å². The minimum Gasteiger partial charge on any atom is -0.462 e. The van der Waals surface area contributed by atoms with Gasteiger partial charge in [-0.3, -0.25) is 4.79 Å². The Morgan fingerprint density at radius 3 is 2.45 bits per heavy atom. The van der Waals surface area contributed by atoms with Gasteiger partial charge in [-0.2, -0.15) is 5.26 Å². The molecule has 0 atom stereocenters. The molecule has 0 radical (unpaired) electrons. The average Bonchev–Trinajstić information content (AvgIpc) is 2.79. The lowest BCUT2D eigenvalue weighted by molar-refractivity contribution is -0.157. The van der Waals surface area contributed by atoms with Crippen LogP contribution in [-0.2, 0) is 9.53 Å². The van der Waals surface area contributed by atoms with Crippen LogP contribution in [0.25, 0.3) is 0 Å². The fourth-order valence-corrected chi connectivity index (χ4v) is 4.83. The number of benzene rings is 1. The molecule has 0 bridgehead atoms. The number of hydrogen-bond acceptors (Lipinski definition) is 3. The molecule has 0 heterocycles. The SMILES string of the molecule is N#CC=CC=CCC[C@H]1CC[C@H](OC(=O)[C@H]2CC[C@H](c3ccc(F)c(F)c3)CC2)CC1. The number of rotatable bonds is 7. The Labute approximate surface area is 183 Å². The van der Waals surface area contributed by atoms with Crippen molar-refractivity contribution in [3.05, 3.63) is 59.7 Å². The fraction of sp³-hybridized carbons (Fsp3) is 0.538. The standard InChI is InChI=1S/C26H31F2NO2/c27-24-16-13-22(18-25(24)28)20-9-11-21(12-10-20)26(30)31-23-14-7-19(8-15-23)6-4-2-1-3-5-17-29/h1-3,5,13,16,18-21,23H,4,6-12,14-15H2/t19-,20-,21-,23-. The lowest BCUT2D eigenvalue weighted by atomic mass is 9.78. The zero-order valence-corrected chi connectivity index (χ0v) is 17.9. The highest BCUT2D eigenvalue weighted by atomic mass is 19.2. The Balaban J connectivity index is 1.35. The molecule has 0 amide bonds. The van der Waals surface area contributed by atoms with E-state index in [1.165, 1.54) is 18.2 Å². The second-order valence-electron chi connectivity index (χ2n) is 8.80. The summed E-state index contributed by atoms with van der Waals surface area (Å²) in [6.07, 6.45) is 16.5. The van der Waals surface area contributed by atoms with Gasteiger partial charge in [-0.25, -0.2) is 8.78 Å². The van der Waals surface area contributed by atoms with Gasteiger partial charge in [-0.1, -0.05) is 24.3 Å². The van der Waals surface area contributed by atoms with Crippen molar-refractivity contribution in [2.45, 2.75) is 76.2 Å². The lowest BCUT2D eigenvalue weighted by Crippen LogP contribution is -2.29. The number of carbonyl (C=O) groups is 1. The van der Waals surface area contributed by atoms with Crippen LogP contribution in [-0.4, -0.2) is 12.1 Å². The quantitative estimate of drug-likeness (QED) is 0.274. The largest absolute Gasteiger partial charge is 0.462 e. The summed E-state index contributed by atoms with van der Waals surface area (Å²) in [4.78, 5) is 12.6. The molecular formula is C26H31F2NO2. The molecule has 0 unspecified atom stereocenters. The Morgan fingerprint density at radius 2 is 1.77 bits per heavy atom. The highest BCUT2D eigenvalue weighted by Crippen LogP contribution is 2.37. The van der Waals surface area contributed by atoms with Gasteiger partial charge in [0.25, 0.3) is 0 Å². The molecule has 2 aliphatic rings. The van der Waals surface area contributed by atoms with Crippen LogP contribution >= 0.6 is 0 Å². The number of carbonyl (C=O) groups excluding carboxylic acids is 1. The third-order valence-corrected chi connectivity index (χ3v) is 6.71. The first kappa shape index (κ1) is 23.2. The van der Waals surface area contributed by atoms with Gasteiger partial charge in [0, 0.05) is 6.08 Å². The molecule has 0 aromatic heterocycles. The van der Waals surface area contributed by atoms with E-state index in [-0.39, 0.29) is 23.9 Å². The molecule has 2 aliphatic carbocycles. The van der Waals surface area contributed by atoms with Gasteiger partial charge >= 0.3 is 5.97 Å². The predicted octanol–water partition coefficient (Wildman–Crippen LogP) is 6.76. The minimum atomic E-state index is -0.819. The molecule has 2 saturated carbocycles. The molecule has 3 nitrogen and oxygen atoms in total. The smallest absolute Gasteiger partial charge is 0.309 e. The molecule has 0 aliphatic heterocycles. The van der Waals surface area contributed by atoms with E-state index in [4.69, 9.17) is 10.00 Å². The monoisotopic (exact) mass is 427 g/mol. The van der Waals surface area contributed by atoms with Crippen molar-refractivity contribution in [1.82, 2.24) is 0 Å². The van der Waals surface area contributed by atoms with Gasteiger partial charge in [-0.05, 0) is 93.7 Å². The molecule has 166 valence electrons. The summed E-state index contributed by atoms with van der Waals surface area (Å²) >= 11 is 0. The summed E-state index contributed by atoms with van der Waals surface area (Å²) in [6, 6.07) is 6.09. The molecule has 5 heteroatoms. The van der Waals surface area contributed by atoms with Crippen molar-refractivity contribution in [3.8, 4) is 6.07 Å². The van der Waals surface area contributed by atoms with E-state index < -0.39 is 11.6 Å². The maximum absolute atomic E-state index is 13.5. The highest BCUT2D eigenvalue weighted by Gasteiger charge is 2.31. The summed E-state index contributed by atoms with van der Waals surface area (Å²) in [5, 5.41) is 8.44. The van der Waals surface area contributed by atoms with Gasteiger partial charge < -0.3 is 4.74 Å². The van der Waals surface area contributed by atoms with E-state index in [2.05, 4.69) is 6.08 Å². The third kappa shape index (κ3) is 7.02. The maximum Gasteiger partial charge on any atom is 0.309 e. The topological polar surface area (TPSA) is 50.1 Å². The van der Waals surface area contributed by atoms with Crippen LogP contribution in [0.3, 0.4) is 0 Å². The molecule has 1 aromatic carbocycles. The van der Waals surface area contributed by atoms with Crippen LogP contribution in [0.4, 0.5) is 8.78 Å². The van der Waals surface area contributed by atoms with Gasteiger partial charge in [0.05, 0.1) is 12.0 Å². The number of esters is 1. The van der Waals surface area contributed by atoms with E-state index in [1.54, 1.807) is 12.1 Å². The molecule has 0 N–H and O–H groups in total. The highest BCUT2D eigenvalue weighted by molar-refractivity contribution is 5.72. The fourth-order valence-electron chi connectivity index (χ4n) is 4.83. The molecule has 1 aromatic rings. The van der Waals surface area contributed by atoms with Gasteiger partial charge in [0.1, 0.15) is 6.10 Å². The first-order valence-corrected chi connectivity index (χ1v) is 11.4. The predicted molar refractivity (Wildman–Crippen MR) is 116 cm³/mol. The lowest BCUT2D eigenvalue weighted by Gasteiger charge is -2.31. The summed E-state index contributed by atoms with van der Waals surface area (Å²) < 4.78 is 32.5. The first-order chi connectivity index (χ1) is 15.1. The Morgan fingerprint density at radius 1 is 1.03 bits per heavy atom. The number of halogens is 2. The van der Waals surface area contributed by atoms with Crippen LogP contribution in [0.1, 0.15) is 75.7 Å². The minimum absolute atomic E-state index is 0.0294. The normalized spacial score (nSPS) is 26.7. The van der Waals surface area contributed by atoms with Crippen LogP contribution in [0.5, 0.6) is 0 Å². The van der Waals surface area contributed by atoms with Gasteiger partial charge in [0.15, 0.2) is 11.6 Å². The van der Waals surface area contributed by atoms with Crippen LogP contribution in [0.2, 0.25) is 0 Å². The number of ether oxygens (including phenoxy) is 1. The van der Waals surface area contributed by atoms with Crippen molar-refractivity contribution >= 4 is 5.97 Å². The van der Waals surface area contributed by atoms with Crippen molar-refractivity contribution in [3.63, 3.8) is 0 Å². The Bertz CT molecular complexity index is 826. The zero-order chi connectivity index (χ0) is 22.1. The van der Waals surface area contributed by atoms with Crippen molar-refractivity contribution in [2.75, 3.05) is 0 Å². The van der Waals surface area contributed by atoms with Gasteiger partial charge in [0.2, 0.25) is 0 Å². The van der Waals surface area contributed by atoms with E-state index in [0.29, 0.717) is 5.92 Å². The number of allylic oxidation sites excluding steroid dienone is 4. The summed E-state index contributed by atoms with van der Waals surface area (Å²) in [5.74, 6) is -0.933. The second-order valence-corrected chi connectivity index (χ2v) is 8.80. The second kappa shape index (κ2) is 11.8. The van der Waals surface area contributed by atoms with Crippen LogP contribution in [0, 0.1) is 34.8 Å². The van der Waals surface area contributed by atoms with Crippen LogP contribution in [0.15, 0.2) is 42.5 Å². The molecular weight excluding hydrogens is 396 g/mol. The van der Waals surface area contributed by atoms with E-state index in [0.717, 1.165) is 69.8 Å². The molecule has 0 saturated heterocycles. The summed E-state index contributed by atoms with van der Waals surface area (Å²) in [7, 11) is 0. The molecule has 2 fully saturated rings. The van der Waals surface area contributed by atoms with E-state index in [9.17, 15) is 13.6 Å². The number of nitrogens with zero attached hydrogens (tertiary/aromatic N) is 1. The average molecular weight is 428 g/mol. The van der Waals surface area contributed by atoms with Crippen molar-refractivity contribution < 1.29 is 18.3 Å². The Hall–Kier alpha value is -2.48. The summed E-state index contributed by atoms with van der Waals surface area (Å²) in [5.41, 5.74) is 0.819. The molecule has 3 rings (SSSR count). The van der Waals surface area contributed by atoms with E-state index in [1.807, 2.05) is 12.1 Å². The van der Waals surface area contributed by atoms with Gasteiger partial charge in [-0.15, -0.1) is 0 Å². The summed E-state index contributed by atoms with van der Waals surface area (Å²) in [6.45, 7) is 0. The number of hydrogen-bond donors (Lipinski definition) is 0. The molecule has 0 spiro atoms.